The number of furan rings is 1. The fraction of sp³-hybridized carbons (Fsp3) is 0.0417. The Bertz CT molecular complexity index is 1240. The van der Waals surface area contributed by atoms with Crippen LogP contribution in [0.25, 0.3) is 0 Å². The first kappa shape index (κ1) is 22.3. The van der Waals surface area contributed by atoms with Gasteiger partial charge in [-0.05, 0) is 66.7 Å². The minimum Gasteiger partial charge on any atom is -0.484 e. The van der Waals surface area contributed by atoms with Crippen molar-refractivity contribution in [3.05, 3.63) is 106 Å². The molecule has 0 aliphatic rings. The van der Waals surface area contributed by atoms with E-state index in [0.717, 1.165) is 15.9 Å². The normalized spacial score (nSPS) is 10.7. The second-order valence-corrected chi connectivity index (χ2v) is 8.59. The number of rotatable bonds is 7. The summed E-state index contributed by atoms with van der Waals surface area (Å²) in [6.07, 6.45) is 0. The summed E-state index contributed by atoms with van der Waals surface area (Å²) in [5.74, 6) is 0.0529. The Labute approximate surface area is 198 Å². The van der Waals surface area contributed by atoms with Crippen LogP contribution < -0.4 is 10.1 Å². The average molecular weight is 488 g/mol. The van der Waals surface area contributed by atoms with Gasteiger partial charge in [0.15, 0.2) is 5.76 Å². The molecular weight excluding hydrogens is 472 g/mol. The highest BCUT2D eigenvalue weighted by atomic mass is 35.5. The minimum absolute atomic E-state index is 0.0433. The Morgan fingerprint density at radius 2 is 1.78 bits per heavy atom. The van der Waals surface area contributed by atoms with E-state index in [2.05, 4.69) is 5.32 Å². The van der Waals surface area contributed by atoms with Gasteiger partial charge in [0, 0.05) is 14.8 Å². The van der Waals surface area contributed by atoms with Crippen LogP contribution in [-0.4, -0.2) is 5.91 Å². The monoisotopic (exact) mass is 487 g/mol. The number of hydrogen-bond donors (Lipinski definition) is 1. The Hall–Kier alpha value is -2.93. The molecule has 0 saturated carbocycles. The Balaban J connectivity index is 1.41. The minimum atomic E-state index is -0.450. The number of amides is 1. The van der Waals surface area contributed by atoms with Crippen LogP contribution in [0.15, 0.2) is 93.1 Å². The van der Waals surface area contributed by atoms with E-state index in [1.54, 1.807) is 12.1 Å². The molecule has 0 bridgehead atoms. The second-order valence-electron chi connectivity index (χ2n) is 6.64. The van der Waals surface area contributed by atoms with Crippen LogP contribution in [0, 0.1) is 5.82 Å². The molecule has 0 radical (unpaired) electrons. The highest BCUT2D eigenvalue weighted by Crippen LogP contribution is 2.34. The van der Waals surface area contributed by atoms with Gasteiger partial charge in [-0.15, -0.1) is 0 Å². The van der Waals surface area contributed by atoms with Gasteiger partial charge in [0.25, 0.3) is 5.91 Å². The lowest BCUT2D eigenvalue weighted by Crippen LogP contribution is -2.11. The molecule has 8 heteroatoms. The van der Waals surface area contributed by atoms with E-state index in [4.69, 9.17) is 32.4 Å². The molecule has 1 amide bonds. The van der Waals surface area contributed by atoms with Gasteiger partial charge >= 0.3 is 0 Å². The zero-order valence-electron chi connectivity index (χ0n) is 16.5. The van der Waals surface area contributed by atoms with Crippen molar-refractivity contribution in [2.45, 2.75) is 16.4 Å². The molecule has 4 aromatic rings. The summed E-state index contributed by atoms with van der Waals surface area (Å²) in [5.41, 5.74) is 0.657. The summed E-state index contributed by atoms with van der Waals surface area (Å²) in [6, 6.07) is 22.0. The van der Waals surface area contributed by atoms with Crippen molar-refractivity contribution in [1.82, 2.24) is 0 Å². The number of ether oxygens (including phenoxy) is 1. The molecule has 4 nitrogen and oxygen atoms in total. The van der Waals surface area contributed by atoms with Crippen LogP contribution in [0.2, 0.25) is 10.0 Å². The quantitative estimate of drug-likeness (QED) is 0.290. The van der Waals surface area contributed by atoms with Crippen molar-refractivity contribution in [3.8, 4) is 5.75 Å². The van der Waals surface area contributed by atoms with E-state index in [9.17, 15) is 9.18 Å². The second kappa shape index (κ2) is 10.1. The van der Waals surface area contributed by atoms with Crippen molar-refractivity contribution < 1.29 is 18.3 Å². The molecule has 32 heavy (non-hydrogen) atoms. The summed E-state index contributed by atoms with van der Waals surface area (Å²) >= 11 is 13.4. The number of nitrogens with one attached hydrogen (secondary N) is 1. The number of anilines is 1. The molecule has 3 aromatic carbocycles. The highest BCUT2D eigenvalue weighted by molar-refractivity contribution is 7.99. The maximum absolute atomic E-state index is 13.1. The highest BCUT2D eigenvalue weighted by Gasteiger charge is 2.15. The third kappa shape index (κ3) is 5.65. The van der Waals surface area contributed by atoms with Gasteiger partial charge in [0.1, 0.15) is 23.9 Å². The van der Waals surface area contributed by atoms with Crippen molar-refractivity contribution in [2.75, 3.05) is 5.32 Å². The van der Waals surface area contributed by atoms with Gasteiger partial charge < -0.3 is 14.5 Å². The number of benzene rings is 3. The number of para-hydroxylation sites is 1. The molecule has 0 aliphatic carbocycles. The molecule has 4 rings (SSSR count). The van der Waals surface area contributed by atoms with Crippen LogP contribution in [0.3, 0.4) is 0 Å². The molecular formula is C24H16Cl2FNO3S. The smallest absolute Gasteiger partial charge is 0.291 e. The Morgan fingerprint density at radius 1 is 1.00 bits per heavy atom. The molecule has 1 N–H and O–H groups in total. The first-order valence-electron chi connectivity index (χ1n) is 9.48. The third-order valence-electron chi connectivity index (χ3n) is 4.33. The lowest BCUT2D eigenvalue weighted by atomic mass is 10.3. The molecule has 0 saturated heterocycles. The number of carbonyl (C=O) groups excluding carboxylic acids is 1. The summed E-state index contributed by atoms with van der Waals surface area (Å²) in [7, 11) is 0. The summed E-state index contributed by atoms with van der Waals surface area (Å²) in [5, 5.41) is 3.70. The van der Waals surface area contributed by atoms with Crippen molar-refractivity contribution in [2.24, 2.45) is 0 Å². The van der Waals surface area contributed by atoms with Crippen molar-refractivity contribution in [1.29, 1.82) is 0 Å². The summed E-state index contributed by atoms with van der Waals surface area (Å²) in [4.78, 5) is 14.6. The maximum atomic E-state index is 13.1. The molecule has 1 aromatic heterocycles. The van der Waals surface area contributed by atoms with Gasteiger partial charge in [-0.1, -0.05) is 47.1 Å². The molecule has 1 heterocycles. The zero-order chi connectivity index (χ0) is 22.5. The molecule has 0 fully saturated rings. The van der Waals surface area contributed by atoms with Crippen LogP contribution in [0.1, 0.15) is 16.3 Å². The molecule has 0 unspecified atom stereocenters. The van der Waals surface area contributed by atoms with E-state index in [1.165, 1.54) is 23.9 Å². The third-order valence-corrected chi connectivity index (χ3v) is 5.96. The standard InChI is InChI=1S/C24H16Cl2FNO3S/c25-15-5-9-18(10-6-15)32-23-4-2-1-3-20(23)28-24(29)22-12-8-17(31-22)14-30-21-11-7-16(27)13-19(21)26/h1-13H,14H2,(H,28,29). The van der Waals surface area contributed by atoms with Crippen LogP contribution in [0.4, 0.5) is 10.1 Å². The Kier molecular flexibility index (Phi) is 7.05. The number of halogens is 3. The molecule has 0 spiro atoms. The Morgan fingerprint density at radius 3 is 2.56 bits per heavy atom. The number of carbonyl (C=O) groups is 1. The van der Waals surface area contributed by atoms with Gasteiger partial charge in [0.2, 0.25) is 0 Å². The lowest BCUT2D eigenvalue weighted by molar-refractivity contribution is 0.0992. The SMILES string of the molecule is O=C(Nc1ccccc1Sc1ccc(Cl)cc1)c1ccc(COc2ccc(F)cc2Cl)o1. The van der Waals surface area contributed by atoms with Crippen LogP contribution >= 0.6 is 35.0 Å². The fourth-order valence-electron chi connectivity index (χ4n) is 2.79. The first-order chi connectivity index (χ1) is 15.5. The fourth-order valence-corrected chi connectivity index (χ4v) is 4.04. The topological polar surface area (TPSA) is 51.5 Å². The van der Waals surface area contributed by atoms with Crippen molar-refractivity contribution >= 4 is 46.6 Å². The average Bonchev–Trinajstić information content (AvgIpc) is 3.25. The maximum Gasteiger partial charge on any atom is 0.291 e. The van der Waals surface area contributed by atoms with E-state index in [0.29, 0.717) is 22.2 Å². The van der Waals surface area contributed by atoms with Gasteiger partial charge in [-0.3, -0.25) is 4.79 Å². The predicted octanol–water partition coefficient (Wildman–Crippen LogP) is 7.71. The van der Waals surface area contributed by atoms with Gasteiger partial charge in [-0.2, -0.15) is 0 Å². The zero-order valence-corrected chi connectivity index (χ0v) is 18.8. The van der Waals surface area contributed by atoms with E-state index < -0.39 is 5.82 Å². The lowest BCUT2D eigenvalue weighted by Gasteiger charge is -2.10. The largest absolute Gasteiger partial charge is 0.484 e. The van der Waals surface area contributed by atoms with Gasteiger partial charge in [0.05, 0.1) is 10.7 Å². The van der Waals surface area contributed by atoms with Crippen molar-refractivity contribution in [3.63, 3.8) is 0 Å². The summed E-state index contributed by atoms with van der Waals surface area (Å²) in [6.45, 7) is 0.0433. The first-order valence-corrected chi connectivity index (χ1v) is 11.1. The van der Waals surface area contributed by atoms with E-state index in [-0.39, 0.29) is 23.3 Å². The van der Waals surface area contributed by atoms with Gasteiger partial charge in [-0.25, -0.2) is 4.39 Å². The van der Waals surface area contributed by atoms with E-state index in [1.807, 2.05) is 48.5 Å². The van der Waals surface area contributed by atoms with Crippen LogP contribution in [0.5, 0.6) is 5.75 Å². The molecule has 0 atom stereocenters. The predicted molar refractivity (Wildman–Crippen MR) is 124 cm³/mol. The number of hydrogen-bond acceptors (Lipinski definition) is 4. The molecule has 0 aliphatic heterocycles. The van der Waals surface area contributed by atoms with E-state index >= 15 is 0 Å². The summed E-state index contributed by atoms with van der Waals surface area (Å²) < 4.78 is 24.3. The molecule has 162 valence electrons. The van der Waals surface area contributed by atoms with Crippen LogP contribution in [-0.2, 0) is 6.61 Å².